The first-order chi connectivity index (χ1) is 9.24. The molecule has 19 heavy (non-hydrogen) atoms. The van der Waals surface area contributed by atoms with Gasteiger partial charge in [-0.3, -0.25) is 0 Å². The van der Waals surface area contributed by atoms with Crippen LogP contribution in [0.1, 0.15) is 22.9 Å². The van der Waals surface area contributed by atoms with Gasteiger partial charge in [0.15, 0.2) is 0 Å². The van der Waals surface area contributed by atoms with E-state index in [1.54, 1.807) is 7.11 Å². The molecule has 0 saturated heterocycles. The number of ether oxygens (including phenoxy) is 1. The quantitative estimate of drug-likeness (QED) is 0.843. The lowest BCUT2D eigenvalue weighted by atomic mass is 10.2. The summed E-state index contributed by atoms with van der Waals surface area (Å²) in [6.45, 7) is 4.00. The Labute approximate surface area is 126 Å². The molecule has 0 fully saturated rings. The second-order valence-electron chi connectivity index (χ2n) is 4.30. The van der Waals surface area contributed by atoms with Crippen molar-refractivity contribution < 1.29 is 4.74 Å². The maximum absolute atomic E-state index is 5.23. The summed E-state index contributed by atoms with van der Waals surface area (Å²) in [7, 11) is 1.68. The monoisotopic (exact) mass is 339 g/mol. The van der Waals surface area contributed by atoms with Crippen LogP contribution in [0.25, 0.3) is 0 Å². The Hall–Kier alpha value is -0.840. The van der Waals surface area contributed by atoms with Crippen LogP contribution in [0.2, 0.25) is 0 Å². The zero-order chi connectivity index (χ0) is 13.7. The molecule has 0 spiro atoms. The third-order valence-corrected chi connectivity index (χ3v) is 4.63. The second kappa shape index (κ2) is 7.08. The zero-order valence-electron chi connectivity index (χ0n) is 11.2. The van der Waals surface area contributed by atoms with Crippen molar-refractivity contribution in [3.8, 4) is 5.75 Å². The van der Waals surface area contributed by atoms with Gasteiger partial charge in [0.05, 0.1) is 11.6 Å². The summed E-state index contributed by atoms with van der Waals surface area (Å²) in [5.74, 6) is 0.871. The lowest BCUT2D eigenvalue weighted by Crippen LogP contribution is -2.12. The number of benzene rings is 1. The molecule has 1 N–H and O–H groups in total. The molecule has 0 aliphatic heterocycles. The van der Waals surface area contributed by atoms with Crippen LogP contribution in [0.3, 0.4) is 0 Å². The predicted octanol–water partition coefficient (Wildman–Crippen LogP) is 4.37. The normalized spacial score (nSPS) is 10.7. The van der Waals surface area contributed by atoms with Crippen LogP contribution in [0.5, 0.6) is 5.75 Å². The van der Waals surface area contributed by atoms with E-state index in [9.17, 15) is 0 Å². The Kier molecular flexibility index (Phi) is 5.43. The van der Waals surface area contributed by atoms with Crippen molar-refractivity contribution in [3.63, 3.8) is 0 Å². The fourth-order valence-electron chi connectivity index (χ4n) is 1.98. The minimum Gasteiger partial charge on any atom is -0.496 e. The Balaban J connectivity index is 1.91. The van der Waals surface area contributed by atoms with Crippen molar-refractivity contribution in [2.24, 2.45) is 0 Å². The maximum Gasteiger partial charge on any atom is 0.133 e. The molecule has 2 rings (SSSR count). The van der Waals surface area contributed by atoms with Gasteiger partial charge in [-0.25, -0.2) is 0 Å². The summed E-state index contributed by atoms with van der Waals surface area (Å²) in [5, 5.41) is 5.66. The summed E-state index contributed by atoms with van der Waals surface area (Å²) < 4.78 is 6.23. The summed E-state index contributed by atoms with van der Waals surface area (Å²) >= 11 is 5.34. The largest absolute Gasteiger partial charge is 0.496 e. The van der Waals surface area contributed by atoms with Crippen LogP contribution in [-0.4, -0.2) is 7.11 Å². The molecule has 0 unspecified atom stereocenters. The molecule has 0 amide bonds. The lowest BCUT2D eigenvalue weighted by Gasteiger charge is -2.08. The van der Waals surface area contributed by atoms with Crippen LogP contribution in [-0.2, 0) is 19.5 Å². The summed E-state index contributed by atoms with van der Waals surface area (Å²) in [4.78, 5) is 1.44. The molecule has 2 aromatic rings. The smallest absolute Gasteiger partial charge is 0.133 e. The molecule has 1 aromatic carbocycles. The van der Waals surface area contributed by atoms with E-state index in [1.807, 2.05) is 17.4 Å². The molecule has 1 aromatic heterocycles. The SMILES string of the molecule is CCc1ccsc1CNCc1ccc(OC)c(Br)c1. The highest BCUT2D eigenvalue weighted by molar-refractivity contribution is 9.10. The van der Waals surface area contributed by atoms with Gasteiger partial charge in [-0.1, -0.05) is 13.0 Å². The average Bonchev–Trinajstić information content (AvgIpc) is 2.86. The average molecular weight is 340 g/mol. The molecular formula is C15H18BrNOS. The zero-order valence-corrected chi connectivity index (χ0v) is 13.6. The summed E-state index contributed by atoms with van der Waals surface area (Å²) in [5.41, 5.74) is 2.70. The highest BCUT2D eigenvalue weighted by Gasteiger charge is 2.03. The first kappa shape index (κ1) is 14.6. The van der Waals surface area contributed by atoms with Crippen LogP contribution in [0.4, 0.5) is 0 Å². The number of rotatable bonds is 6. The van der Waals surface area contributed by atoms with E-state index in [0.29, 0.717) is 0 Å². The van der Waals surface area contributed by atoms with Gasteiger partial charge in [-0.2, -0.15) is 0 Å². The van der Waals surface area contributed by atoms with Crippen molar-refractivity contribution in [1.82, 2.24) is 5.32 Å². The number of methoxy groups -OCH3 is 1. The van der Waals surface area contributed by atoms with Crippen LogP contribution >= 0.6 is 27.3 Å². The first-order valence-electron chi connectivity index (χ1n) is 6.33. The second-order valence-corrected chi connectivity index (χ2v) is 6.15. The van der Waals surface area contributed by atoms with E-state index < -0.39 is 0 Å². The van der Waals surface area contributed by atoms with E-state index in [2.05, 4.69) is 51.7 Å². The lowest BCUT2D eigenvalue weighted by molar-refractivity contribution is 0.412. The standard InChI is InChI=1S/C15H18BrNOS/c1-3-12-6-7-19-15(12)10-17-9-11-4-5-14(18-2)13(16)8-11/h4-8,17H,3,9-10H2,1-2H3. The van der Waals surface area contributed by atoms with Crippen LogP contribution in [0.15, 0.2) is 34.1 Å². The fourth-order valence-corrected chi connectivity index (χ4v) is 3.51. The maximum atomic E-state index is 5.23. The van der Waals surface area contributed by atoms with E-state index in [0.717, 1.165) is 29.7 Å². The van der Waals surface area contributed by atoms with Crippen molar-refractivity contribution in [2.45, 2.75) is 26.4 Å². The summed E-state index contributed by atoms with van der Waals surface area (Å²) in [6.07, 6.45) is 1.11. The fraction of sp³-hybridized carbons (Fsp3) is 0.333. The molecule has 2 nitrogen and oxygen atoms in total. The molecule has 0 bridgehead atoms. The molecule has 0 saturated carbocycles. The predicted molar refractivity (Wildman–Crippen MR) is 84.9 cm³/mol. The number of halogens is 1. The first-order valence-corrected chi connectivity index (χ1v) is 8.00. The molecule has 102 valence electrons. The highest BCUT2D eigenvalue weighted by atomic mass is 79.9. The summed E-state index contributed by atoms with van der Waals surface area (Å²) in [6, 6.07) is 8.39. The van der Waals surface area contributed by atoms with E-state index in [-0.39, 0.29) is 0 Å². The number of nitrogens with one attached hydrogen (secondary N) is 1. The molecule has 0 aliphatic carbocycles. The highest BCUT2D eigenvalue weighted by Crippen LogP contribution is 2.25. The van der Waals surface area contributed by atoms with E-state index >= 15 is 0 Å². The van der Waals surface area contributed by atoms with Gasteiger partial charge >= 0.3 is 0 Å². The minimum atomic E-state index is 0.865. The van der Waals surface area contributed by atoms with Gasteiger partial charge in [-0.15, -0.1) is 11.3 Å². The van der Waals surface area contributed by atoms with Crippen LogP contribution < -0.4 is 10.1 Å². The Morgan fingerprint density at radius 3 is 2.79 bits per heavy atom. The minimum absolute atomic E-state index is 0.865. The van der Waals surface area contributed by atoms with Crippen molar-refractivity contribution in [3.05, 3.63) is 50.1 Å². The van der Waals surface area contributed by atoms with Gasteiger partial charge in [0, 0.05) is 18.0 Å². The molecule has 1 heterocycles. The van der Waals surface area contributed by atoms with Crippen molar-refractivity contribution >= 4 is 27.3 Å². The van der Waals surface area contributed by atoms with Crippen LogP contribution in [0, 0.1) is 0 Å². The molecule has 4 heteroatoms. The topological polar surface area (TPSA) is 21.3 Å². The molecule has 0 aliphatic rings. The molecule has 0 atom stereocenters. The van der Waals surface area contributed by atoms with Gasteiger partial charge < -0.3 is 10.1 Å². The van der Waals surface area contributed by atoms with Crippen molar-refractivity contribution in [1.29, 1.82) is 0 Å². The van der Waals surface area contributed by atoms with Crippen molar-refractivity contribution in [2.75, 3.05) is 7.11 Å². The number of hydrogen-bond donors (Lipinski definition) is 1. The van der Waals surface area contributed by atoms with Gasteiger partial charge in [-0.05, 0) is 57.1 Å². The third-order valence-electron chi connectivity index (χ3n) is 3.05. The van der Waals surface area contributed by atoms with Gasteiger partial charge in [0.25, 0.3) is 0 Å². The Morgan fingerprint density at radius 2 is 2.11 bits per heavy atom. The third kappa shape index (κ3) is 3.81. The Bertz CT molecular complexity index is 539. The van der Waals surface area contributed by atoms with Gasteiger partial charge in [0.1, 0.15) is 5.75 Å². The van der Waals surface area contributed by atoms with Gasteiger partial charge in [0.2, 0.25) is 0 Å². The molecule has 0 radical (unpaired) electrons. The Morgan fingerprint density at radius 1 is 1.26 bits per heavy atom. The van der Waals surface area contributed by atoms with E-state index in [1.165, 1.54) is 16.0 Å². The number of aryl methyl sites for hydroxylation is 1. The molecular weight excluding hydrogens is 322 g/mol. The number of hydrogen-bond acceptors (Lipinski definition) is 3. The van der Waals surface area contributed by atoms with E-state index in [4.69, 9.17) is 4.74 Å². The number of thiophene rings is 1.